The minimum atomic E-state index is 0.980. The Morgan fingerprint density at radius 3 is 2.69 bits per heavy atom. The van der Waals surface area contributed by atoms with Crippen molar-refractivity contribution in [1.82, 2.24) is 14.8 Å². The zero-order valence-corrected chi connectivity index (χ0v) is 8.69. The van der Waals surface area contributed by atoms with Gasteiger partial charge in [0.2, 0.25) is 0 Å². The Morgan fingerprint density at radius 2 is 2.08 bits per heavy atom. The van der Waals surface area contributed by atoms with Crippen molar-refractivity contribution in [1.29, 1.82) is 0 Å². The number of aryl methyl sites for hydroxylation is 1. The molecule has 0 spiro atoms. The van der Waals surface area contributed by atoms with Crippen LogP contribution in [0.1, 0.15) is 0 Å². The van der Waals surface area contributed by atoms with Gasteiger partial charge in [-0.25, -0.2) is 0 Å². The van der Waals surface area contributed by atoms with Crippen molar-refractivity contribution in [3.8, 4) is 11.1 Å². The Hall–Kier alpha value is -1.16. The molecule has 2 rings (SSSR count). The van der Waals surface area contributed by atoms with E-state index in [4.69, 9.17) is 0 Å². The summed E-state index contributed by atoms with van der Waals surface area (Å²) in [5.74, 6) is 0. The minimum Gasteiger partial charge on any atom is -0.275 e. The molecule has 0 aliphatic heterocycles. The van der Waals surface area contributed by atoms with Gasteiger partial charge >= 0.3 is 0 Å². The Morgan fingerprint density at radius 1 is 1.23 bits per heavy atom. The quantitative estimate of drug-likeness (QED) is 0.762. The second-order valence-electron chi connectivity index (χ2n) is 2.79. The number of hydrogen-bond donors (Lipinski definition) is 0. The summed E-state index contributed by atoms with van der Waals surface area (Å²) < 4.78 is 2.75. The van der Waals surface area contributed by atoms with Crippen molar-refractivity contribution in [3.05, 3.63) is 35.3 Å². The lowest BCUT2D eigenvalue weighted by atomic mass is 10.2. The maximum absolute atomic E-state index is 4.10. The largest absolute Gasteiger partial charge is 0.275 e. The number of rotatable bonds is 1. The third-order valence-electron chi connectivity index (χ3n) is 1.74. The summed E-state index contributed by atoms with van der Waals surface area (Å²) in [5.41, 5.74) is 2.15. The van der Waals surface area contributed by atoms with Crippen LogP contribution in [0.3, 0.4) is 0 Å². The second kappa shape index (κ2) is 3.30. The van der Waals surface area contributed by atoms with E-state index in [0.29, 0.717) is 0 Å². The zero-order chi connectivity index (χ0) is 9.26. The van der Waals surface area contributed by atoms with E-state index in [2.05, 4.69) is 26.0 Å². The first-order valence-corrected chi connectivity index (χ1v) is 4.64. The smallest absolute Gasteiger partial charge is 0.0568 e. The fourth-order valence-electron chi connectivity index (χ4n) is 1.14. The Balaban J connectivity index is 2.46. The molecule has 0 aromatic carbocycles. The number of hydrogen-bond acceptors (Lipinski definition) is 2. The number of aromatic nitrogens is 3. The van der Waals surface area contributed by atoms with E-state index in [1.807, 2.05) is 31.7 Å². The molecule has 0 radical (unpaired) electrons. The summed E-state index contributed by atoms with van der Waals surface area (Å²) in [6, 6.07) is 2.02. The Kier molecular flexibility index (Phi) is 2.14. The van der Waals surface area contributed by atoms with Crippen molar-refractivity contribution in [2.45, 2.75) is 0 Å². The zero-order valence-electron chi connectivity index (χ0n) is 7.11. The van der Waals surface area contributed by atoms with Crippen LogP contribution in [0.25, 0.3) is 11.1 Å². The molecule has 2 aromatic heterocycles. The lowest BCUT2D eigenvalue weighted by Crippen LogP contribution is -1.84. The molecule has 2 heterocycles. The molecule has 0 amide bonds. The van der Waals surface area contributed by atoms with Gasteiger partial charge in [-0.05, 0) is 22.0 Å². The lowest BCUT2D eigenvalue weighted by Gasteiger charge is -1.95. The van der Waals surface area contributed by atoms with Crippen LogP contribution in [0.5, 0.6) is 0 Å². The van der Waals surface area contributed by atoms with Crippen LogP contribution in [0.2, 0.25) is 0 Å². The third-order valence-corrected chi connectivity index (χ3v) is 2.18. The third kappa shape index (κ3) is 1.78. The molecular formula is C9H8BrN3. The summed E-state index contributed by atoms with van der Waals surface area (Å²) in [6.45, 7) is 0. The van der Waals surface area contributed by atoms with E-state index in [-0.39, 0.29) is 0 Å². The number of pyridine rings is 1. The molecular weight excluding hydrogens is 230 g/mol. The highest BCUT2D eigenvalue weighted by Crippen LogP contribution is 2.20. The molecule has 13 heavy (non-hydrogen) atoms. The standard InChI is InChI=1S/C9H8BrN3/c1-13-6-8(4-12-13)7-2-9(10)5-11-3-7/h2-6H,1H3. The summed E-state index contributed by atoms with van der Waals surface area (Å²) in [7, 11) is 1.90. The molecule has 2 aromatic rings. The Bertz CT molecular complexity index is 422. The van der Waals surface area contributed by atoms with Crippen LogP contribution < -0.4 is 0 Å². The summed E-state index contributed by atoms with van der Waals surface area (Å²) in [4.78, 5) is 4.09. The topological polar surface area (TPSA) is 30.7 Å². The van der Waals surface area contributed by atoms with Crippen molar-refractivity contribution in [3.63, 3.8) is 0 Å². The van der Waals surface area contributed by atoms with E-state index < -0.39 is 0 Å². The average molecular weight is 238 g/mol. The highest BCUT2D eigenvalue weighted by molar-refractivity contribution is 9.10. The van der Waals surface area contributed by atoms with Crippen LogP contribution >= 0.6 is 15.9 Å². The predicted octanol–water partition coefficient (Wildman–Crippen LogP) is 2.24. The van der Waals surface area contributed by atoms with Gasteiger partial charge in [0.05, 0.1) is 6.20 Å². The fraction of sp³-hybridized carbons (Fsp3) is 0.111. The first kappa shape index (κ1) is 8.44. The van der Waals surface area contributed by atoms with Crippen LogP contribution in [0.15, 0.2) is 35.3 Å². The van der Waals surface area contributed by atoms with Crippen LogP contribution in [-0.4, -0.2) is 14.8 Å². The van der Waals surface area contributed by atoms with E-state index in [1.54, 1.807) is 10.9 Å². The summed E-state index contributed by atoms with van der Waals surface area (Å²) in [6.07, 6.45) is 7.37. The van der Waals surface area contributed by atoms with Gasteiger partial charge in [-0.15, -0.1) is 0 Å². The SMILES string of the molecule is Cn1cc(-c2cncc(Br)c2)cn1. The fourth-order valence-corrected chi connectivity index (χ4v) is 1.50. The van der Waals surface area contributed by atoms with E-state index in [0.717, 1.165) is 15.6 Å². The summed E-state index contributed by atoms with van der Waals surface area (Å²) in [5, 5.41) is 4.10. The van der Waals surface area contributed by atoms with E-state index in [1.165, 1.54) is 0 Å². The van der Waals surface area contributed by atoms with Crippen molar-refractivity contribution < 1.29 is 0 Å². The van der Waals surface area contributed by atoms with Gasteiger partial charge in [-0.2, -0.15) is 5.10 Å². The van der Waals surface area contributed by atoms with Gasteiger partial charge in [-0.1, -0.05) is 0 Å². The molecule has 0 N–H and O–H groups in total. The Labute approximate surface area is 84.5 Å². The summed E-state index contributed by atoms with van der Waals surface area (Å²) >= 11 is 3.38. The van der Waals surface area contributed by atoms with Gasteiger partial charge in [0, 0.05) is 41.2 Å². The maximum Gasteiger partial charge on any atom is 0.0568 e. The highest BCUT2D eigenvalue weighted by Gasteiger charge is 2.00. The van der Waals surface area contributed by atoms with Gasteiger partial charge < -0.3 is 0 Å². The molecule has 3 nitrogen and oxygen atoms in total. The molecule has 0 aliphatic carbocycles. The molecule has 0 aliphatic rings. The van der Waals surface area contributed by atoms with Gasteiger partial charge in [-0.3, -0.25) is 9.67 Å². The molecule has 4 heteroatoms. The van der Waals surface area contributed by atoms with Gasteiger partial charge in [0.15, 0.2) is 0 Å². The lowest BCUT2D eigenvalue weighted by molar-refractivity contribution is 0.768. The van der Waals surface area contributed by atoms with E-state index in [9.17, 15) is 0 Å². The van der Waals surface area contributed by atoms with Gasteiger partial charge in [0.25, 0.3) is 0 Å². The first-order chi connectivity index (χ1) is 6.25. The molecule has 0 unspecified atom stereocenters. The minimum absolute atomic E-state index is 0.980. The molecule has 66 valence electrons. The number of nitrogens with zero attached hydrogens (tertiary/aromatic N) is 3. The highest BCUT2D eigenvalue weighted by atomic mass is 79.9. The van der Waals surface area contributed by atoms with Gasteiger partial charge in [0.1, 0.15) is 0 Å². The molecule has 0 atom stereocenters. The average Bonchev–Trinajstić information content (AvgIpc) is 2.52. The molecule has 0 saturated heterocycles. The molecule has 0 saturated carbocycles. The monoisotopic (exact) mass is 237 g/mol. The van der Waals surface area contributed by atoms with Crippen molar-refractivity contribution in [2.24, 2.45) is 7.05 Å². The maximum atomic E-state index is 4.10. The van der Waals surface area contributed by atoms with Crippen molar-refractivity contribution >= 4 is 15.9 Å². The first-order valence-electron chi connectivity index (χ1n) is 3.85. The molecule has 0 bridgehead atoms. The predicted molar refractivity (Wildman–Crippen MR) is 54.1 cm³/mol. The van der Waals surface area contributed by atoms with Crippen LogP contribution in [0, 0.1) is 0 Å². The van der Waals surface area contributed by atoms with Crippen molar-refractivity contribution in [2.75, 3.05) is 0 Å². The van der Waals surface area contributed by atoms with Crippen LogP contribution in [0.4, 0.5) is 0 Å². The van der Waals surface area contributed by atoms with E-state index >= 15 is 0 Å². The number of halogens is 1. The molecule has 0 fully saturated rings. The second-order valence-corrected chi connectivity index (χ2v) is 3.71. The van der Waals surface area contributed by atoms with Crippen LogP contribution in [-0.2, 0) is 7.05 Å². The normalized spacial score (nSPS) is 10.3.